The summed E-state index contributed by atoms with van der Waals surface area (Å²) in [4.78, 5) is 30.6. The Labute approximate surface area is 165 Å². The lowest BCUT2D eigenvalue weighted by molar-refractivity contribution is -0.116. The van der Waals surface area contributed by atoms with E-state index in [1.54, 1.807) is 4.90 Å². The molecule has 3 aromatic rings. The molecule has 0 saturated carbocycles. The van der Waals surface area contributed by atoms with Gasteiger partial charge in [-0.2, -0.15) is 0 Å². The van der Waals surface area contributed by atoms with Crippen LogP contribution < -0.4 is 5.32 Å². The van der Waals surface area contributed by atoms with E-state index in [9.17, 15) is 9.59 Å². The number of hydrogen-bond acceptors (Lipinski definition) is 2. The van der Waals surface area contributed by atoms with E-state index in [2.05, 4.69) is 10.3 Å². The van der Waals surface area contributed by atoms with Gasteiger partial charge in [-0.15, -0.1) is 0 Å². The Bertz CT molecular complexity index is 1020. The molecular formula is C23H27N3O2. The van der Waals surface area contributed by atoms with Gasteiger partial charge in [0.15, 0.2) is 0 Å². The summed E-state index contributed by atoms with van der Waals surface area (Å²) in [7, 11) is 0. The monoisotopic (exact) mass is 377 g/mol. The van der Waals surface area contributed by atoms with Gasteiger partial charge in [0.1, 0.15) is 6.54 Å². The van der Waals surface area contributed by atoms with Crippen LogP contribution in [0.5, 0.6) is 0 Å². The van der Waals surface area contributed by atoms with Crippen molar-refractivity contribution in [3.8, 4) is 0 Å². The highest BCUT2D eigenvalue weighted by Crippen LogP contribution is 2.23. The van der Waals surface area contributed by atoms with Crippen LogP contribution in [0.1, 0.15) is 40.5 Å². The number of rotatable bonds is 6. The number of para-hydroxylation sites is 1. The number of nitrogens with zero attached hydrogens (tertiary/aromatic N) is 1. The number of aromatic amines is 1. The molecule has 0 saturated heterocycles. The zero-order chi connectivity index (χ0) is 20.3. The molecule has 0 radical (unpaired) electrons. The van der Waals surface area contributed by atoms with Crippen LogP contribution in [0, 0.1) is 20.8 Å². The lowest BCUT2D eigenvalue weighted by atomic mass is 10.1. The third kappa shape index (κ3) is 4.09. The molecule has 0 unspecified atom stereocenters. The Hall–Kier alpha value is -3.08. The minimum Gasteiger partial charge on any atom is -0.358 e. The molecule has 146 valence electrons. The number of amides is 2. The van der Waals surface area contributed by atoms with Gasteiger partial charge in [0.25, 0.3) is 5.91 Å². The minimum absolute atomic E-state index is 0.0319. The lowest BCUT2D eigenvalue weighted by Gasteiger charge is -2.22. The third-order valence-electron chi connectivity index (χ3n) is 5.09. The van der Waals surface area contributed by atoms with Crippen LogP contribution >= 0.6 is 0 Å². The molecule has 28 heavy (non-hydrogen) atoms. The van der Waals surface area contributed by atoms with E-state index < -0.39 is 0 Å². The molecule has 0 fully saturated rings. The Morgan fingerprint density at radius 3 is 2.54 bits per heavy atom. The fraction of sp³-hybridized carbons (Fsp3) is 0.304. The van der Waals surface area contributed by atoms with Crippen molar-refractivity contribution in [2.75, 3.05) is 18.4 Å². The molecule has 1 aromatic heterocycles. The average Bonchev–Trinajstić information content (AvgIpc) is 2.96. The van der Waals surface area contributed by atoms with Gasteiger partial charge in [-0.05, 0) is 62.6 Å². The van der Waals surface area contributed by atoms with E-state index in [1.807, 2.05) is 70.2 Å². The molecule has 0 atom stereocenters. The van der Waals surface area contributed by atoms with Gasteiger partial charge in [-0.25, -0.2) is 0 Å². The Morgan fingerprint density at radius 1 is 1.07 bits per heavy atom. The zero-order valence-corrected chi connectivity index (χ0v) is 16.9. The highest BCUT2D eigenvalue weighted by molar-refractivity contribution is 6.02. The SMILES string of the molecule is CCCN(CC(=O)Nc1ccccc1C)C(=O)c1ccc2[nH]c(C)c(C)c2c1. The van der Waals surface area contributed by atoms with E-state index in [0.29, 0.717) is 12.1 Å². The van der Waals surface area contributed by atoms with E-state index in [4.69, 9.17) is 0 Å². The topological polar surface area (TPSA) is 65.2 Å². The van der Waals surface area contributed by atoms with Crippen LogP contribution in [0.25, 0.3) is 10.9 Å². The number of nitrogens with one attached hydrogen (secondary N) is 2. The summed E-state index contributed by atoms with van der Waals surface area (Å²) < 4.78 is 0. The van der Waals surface area contributed by atoms with Crippen LogP contribution in [-0.2, 0) is 4.79 Å². The molecular weight excluding hydrogens is 350 g/mol. The van der Waals surface area contributed by atoms with Gasteiger partial charge in [-0.3, -0.25) is 9.59 Å². The molecule has 3 rings (SSSR count). The van der Waals surface area contributed by atoms with Crippen molar-refractivity contribution in [1.29, 1.82) is 0 Å². The quantitative estimate of drug-likeness (QED) is 0.660. The predicted octanol–water partition coefficient (Wildman–Crippen LogP) is 4.58. The van der Waals surface area contributed by atoms with Crippen LogP contribution in [0.3, 0.4) is 0 Å². The smallest absolute Gasteiger partial charge is 0.254 e. The molecule has 0 aliphatic heterocycles. The van der Waals surface area contributed by atoms with E-state index in [1.165, 1.54) is 0 Å². The first-order valence-corrected chi connectivity index (χ1v) is 9.64. The second kappa shape index (κ2) is 8.30. The van der Waals surface area contributed by atoms with Gasteiger partial charge in [0, 0.05) is 34.4 Å². The van der Waals surface area contributed by atoms with Crippen molar-refractivity contribution in [2.24, 2.45) is 0 Å². The molecule has 0 bridgehead atoms. The Morgan fingerprint density at radius 2 is 1.82 bits per heavy atom. The summed E-state index contributed by atoms with van der Waals surface area (Å²) in [5.74, 6) is -0.312. The molecule has 2 amide bonds. The van der Waals surface area contributed by atoms with E-state index >= 15 is 0 Å². The fourth-order valence-electron chi connectivity index (χ4n) is 3.38. The van der Waals surface area contributed by atoms with Crippen LogP contribution in [0.2, 0.25) is 0 Å². The number of carbonyl (C=O) groups is 2. The van der Waals surface area contributed by atoms with Crippen molar-refractivity contribution in [1.82, 2.24) is 9.88 Å². The zero-order valence-electron chi connectivity index (χ0n) is 16.9. The van der Waals surface area contributed by atoms with E-state index in [0.717, 1.165) is 39.8 Å². The van der Waals surface area contributed by atoms with Crippen molar-refractivity contribution < 1.29 is 9.59 Å². The highest BCUT2D eigenvalue weighted by atomic mass is 16.2. The molecule has 0 aliphatic carbocycles. The molecule has 2 aromatic carbocycles. The van der Waals surface area contributed by atoms with Gasteiger partial charge in [0.2, 0.25) is 5.91 Å². The molecule has 1 heterocycles. The van der Waals surface area contributed by atoms with Crippen molar-refractivity contribution in [3.63, 3.8) is 0 Å². The average molecular weight is 377 g/mol. The number of benzene rings is 2. The number of hydrogen-bond donors (Lipinski definition) is 2. The second-order valence-corrected chi connectivity index (χ2v) is 7.23. The Balaban J connectivity index is 1.79. The third-order valence-corrected chi connectivity index (χ3v) is 5.09. The van der Waals surface area contributed by atoms with Crippen molar-refractivity contribution >= 4 is 28.4 Å². The van der Waals surface area contributed by atoms with Crippen LogP contribution in [0.15, 0.2) is 42.5 Å². The second-order valence-electron chi connectivity index (χ2n) is 7.23. The molecule has 0 aliphatic rings. The molecule has 5 heteroatoms. The first-order valence-electron chi connectivity index (χ1n) is 9.64. The minimum atomic E-state index is -0.189. The standard InChI is InChI=1S/C23H27N3O2/c1-5-12-26(14-22(27)25-20-9-7-6-8-15(20)2)23(28)18-10-11-21-19(13-18)16(3)17(4)24-21/h6-11,13,24H,5,12,14H2,1-4H3,(H,25,27). The maximum atomic E-state index is 13.1. The number of anilines is 1. The summed E-state index contributed by atoms with van der Waals surface area (Å²) >= 11 is 0. The largest absolute Gasteiger partial charge is 0.358 e. The van der Waals surface area contributed by atoms with Crippen molar-refractivity contribution in [3.05, 3.63) is 64.8 Å². The summed E-state index contributed by atoms with van der Waals surface area (Å²) in [5, 5.41) is 3.96. The van der Waals surface area contributed by atoms with Gasteiger partial charge in [-0.1, -0.05) is 25.1 Å². The van der Waals surface area contributed by atoms with Gasteiger partial charge >= 0.3 is 0 Å². The number of aryl methyl sites for hydroxylation is 3. The fourth-order valence-corrected chi connectivity index (χ4v) is 3.38. The summed E-state index contributed by atoms with van der Waals surface area (Å²) in [6, 6.07) is 13.3. The normalized spacial score (nSPS) is 10.9. The van der Waals surface area contributed by atoms with Gasteiger partial charge in [0.05, 0.1) is 0 Å². The maximum Gasteiger partial charge on any atom is 0.254 e. The lowest BCUT2D eigenvalue weighted by Crippen LogP contribution is -2.38. The number of H-pyrrole nitrogens is 1. The van der Waals surface area contributed by atoms with Gasteiger partial charge < -0.3 is 15.2 Å². The maximum absolute atomic E-state index is 13.1. The number of carbonyl (C=O) groups excluding carboxylic acids is 2. The Kier molecular flexibility index (Phi) is 5.83. The molecule has 2 N–H and O–H groups in total. The first-order chi connectivity index (χ1) is 13.4. The first kappa shape index (κ1) is 19.7. The highest BCUT2D eigenvalue weighted by Gasteiger charge is 2.19. The van der Waals surface area contributed by atoms with Crippen LogP contribution in [-0.4, -0.2) is 34.8 Å². The molecule has 0 spiro atoms. The summed E-state index contributed by atoms with van der Waals surface area (Å²) in [6.07, 6.45) is 0.786. The summed E-state index contributed by atoms with van der Waals surface area (Å²) in [5.41, 5.74) is 5.63. The molecule has 5 nitrogen and oxygen atoms in total. The summed E-state index contributed by atoms with van der Waals surface area (Å²) in [6.45, 7) is 8.58. The predicted molar refractivity (Wildman–Crippen MR) is 114 cm³/mol. The number of fused-ring (bicyclic) bond motifs is 1. The van der Waals surface area contributed by atoms with Crippen molar-refractivity contribution in [2.45, 2.75) is 34.1 Å². The van der Waals surface area contributed by atoms with Crippen LogP contribution in [0.4, 0.5) is 5.69 Å². The number of aromatic nitrogens is 1. The van der Waals surface area contributed by atoms with E-state index in [-0.39, 0.29) is 18.4 Å².